The predicted molar refractivity (Wildman–Crippen MR) is 122 cm³/mol. The minimum Gasteiger partial charge on any atom is -0.490 e. The van der Waals surface area contributed by atoms with Gasteiger partial charge in [-0.2, -0.15) is 5.26 Å². The number of nitrogens with zero attached hydrogens (tertiary/aromatic N) is 2. The van der Waals surface area contributed by atoms with Crippen LogP contribution in [0.1, 0.15) is 43.2 Å². The predicted octanol–water partition coefficient (Wildman–Crippen LogP) is 4.53. The van der Waals surface area contributed by atoms with Crippen LogP contribution in [0.5, 0.6) is 11.5 Å². The Bertz CT molecular complexity index is 1200. The fourth-order valence-electron chi connectivity index (χ4n) is 4.48. The van der Waals surface area contributed by atoms with Gasteiger partial charge in [0.05, 0.1) is 24.2 Å². The van der Waals surface area contributed by atoms with Gasteiger partial charge in [-0.15, -0.1) is 0 Å². The molecule has 2 aliphatic rings. The van der Waals surface area contributed by atoms with Crippen LogP contribution in [0.2, 0.25) is 0 Å². The number of ketones is 1. The van der Waals surface area contributed by atoms with E-state index >= 15 is 0 Å². The molecule has 0 amide bonds. The van der Waals surface area contributed by atoms with Gasteiger partial charge in [-0.3, -0.25) is 4.79 Å². The van der Waals surface area contributed by atoms with E-state index in [1.165, 1.54) is 12.1 Å². The minimum absolute atomic E-state index is 0.0396. The summed E-state index contributed by atoms with van der Waals surface area (Å²) in [5.41, 5.74) is 9.61. The molecule has 33 heavy (non-hydrogen) atoms. The van der Waals surface area contributed by atoms with Crippen molar-refractivity contribution in [1.82, 2.24) is 4.90 Å². The van der Waals surface area contributed by atoms with Crippen LogP contribution in [0.15, 0.2) is 65.1 Å². The lowest BCUT2D eigenvalue weighted by molar-refractivity contribution is -0.116. The summed E-state index contributed by atoms with van der Waals surface area (Å²) in [6.45, 7) is 2.45. The molecule has 0 fully saturated rings. The second kappa shape index (κ2) is 9.37. The summed E-state index contributed by atoms with van der Waals surface area (Å²) in [6, 6.07) is 13.8. The van der Waals surface area contributed by atoms with Crippen molar-refractivity contribution in [1.29, 1.82) is 5.26 Å². The molecule has 2 aromatic carbocycles. The maximum atomic E-state index is 13.5. The van der Waals surface area contributed by atoms with E-state index in [1.54, 1.807) is 36.2 Å². The van der Waals surface area contributed by atoms with Crippen LogP contribution >= 0.6 is 0 Å². The molecule has 6 nitrogen and oxygen atoms in total. The Balaban J connectivity index is 1.73. The first kappa shape index (κ1) is 22.4. The Morgan fingerprint density at radius 1 is 1.18 bits per heavy atom. The number of halogens is 1. The third-order valence-corrected chi connectivity index (χ3v) is 6.05. The molecule has 0 spiro atoms. The van der Waals surface area contributed by atoms with Crippen LogP contribution in [-0.4, -0.2) is 24.3 Å². The summed E-state index contributed by atoms with van der Waals surface area (Å²) < 4.78 is 25.2. The number of benzene rings is 2. The van der Waals surface area contributed by atoms with Crippen molar-refractivity contribution in [3.63, 3.8) is 0 Å². The lowest BCUT2D eigenvalue weighted by Crippen LogP contribution is -2.36. The van der Waals surface area contributed by atoms with E-state index in [1.807, 2.05) is 13.0 Å². The zero-order chi connectivity index (χ0) is 23.5. The van der Waals surface area contributed by atoms with Crippen molar-refractivity contribution in [3.05, 3.63) is 82.1 Å². The van der Waals surface area contributed by atoms with Crippen LogP contribution in [0.25, 0.3) is 0 Å². The number of allylic oxidation sites excluding steroid dienone is 3. The zero-order valence-corrected chi connectivity index (χ0v) is 18.7. The third kappa shape index (κ3) is 4.29. The first-order valence-electron chi connectivity index (χ1n) is 11.0. The smallest absolute Gasteiger partial charge is 0.161 e. The summed E-state index contributed by atoms with van der Waals surface area (Å²) >= 11 is 0. The van der Waals surface area contributed by atoms with Crippen LogP contribution in [-0.2, 0) is 11.4 Å². The molecule has 0 unspecified atom stereocenters. The van der Waals surface area contributed by atoms with Crippen molar-refractivity contribution in [2.45, 2.75) is 38.7 Å². The number of carbonyl (C=O) groups is 1. The van der Waals surface area contributed by atoms with Gasteiger partial charge in [0.15, 0.2) is 17.3 Å². The van der Waals surface area contributed by atoms with Crippen molar-refractivity contribution in [2.75, 3.05) is 13.7 Å². The van der Waals surface area contributed by atoms with Crippen molar-refractivity contribution in [2.24, 2.45) is 5.73 Å². The molecular formula is C26H26FN3O3. The number of Topliss-reactive ketones (excluding diaryl/α,β-unsaturated/α-hetero) is 1. The number of nitrogens with two attached hydrogens (primary N) is 1. The molecule has 2 N–H and O–H groups in total. The van der Waals surface area contributed by atoms with Crippen LogP contribution in [0.3, 0.4) is 0 Å². The van der Waals surface area contributed by atoms with Gasteiger partial charge in [0.25, 0.3) is 0 Å². The SMILES string of the molecule is CCOc1cc([C@H]2C(C#N)=C(N)N(C)C3=C2C(=O)CCC3)ccc1OCc1cccc(F)c1. The van der Waals surface area contributed by atoms with Crippen molar-refractivity contribution >= 4 is 5.78 Å². The number of nitriles is 1. The molecule has 1 aliphatic carbocycles. The van der Waals surface area contributed by atoms with Gasteiger partial charge in [-0.05, 0) is 55.2 Å². The highest BCUT2D eigenvalue weighted by molar-refractivity contribution is 5.99. The van der Waals surface area contributed by atoms with E-state index < -0.39 is 5.92 Å². The van der Waals surface area contributed by atoms with Crippen molar-refractivity contribution < 1.29 is 18.7 Å². The largest absolute Gasteiger partial charge is 0.490 e. The average Bonchev–Trinajstić information content (AvgIpc) is 2.81. The fraction of sp³-hybridized carbons (Fsp3) is 0.308. The quantitative estimate of drug-likeness (QED) is 0.700. The highest BCUT2D eigenvalue weighted by Gasteiger charge is 2.38. The lowest BCUT2D eigenvalue weighted by Gasteiger charge is -2.37. The first-order chi connectivity index (χ1) is 15.9. The highest BCUT2D eigenvalue weighted by atomic mass is 19.1. The van der Waals surface area contributed by atoms with Gasteiger partial charge in [0.2, 0.25) is 0 Å². The number of hydrogen-bond acceptors (Lipinski definition) is 6. The molecule has 0 saturated heterocycles. The van der Waals surface area contributed by atoms with Crippen LogP contribution in [0.4, 0.5) is 4.39 Å². The van der Waals surface area contributed by atoms with Gasteiger partial charge >= 0.3 is 0 Å². The Morgan fingerprint density at radius 2 is 2.00 bits per heavy atom. The summed E-state index contributed by atoms with van der Waals surface area (Å²) in [7, 11) is 1.80. The van der Waals surface area contributed by atoms with E-state index in [4.69, 9.17) is 15.2 Å². The Hall–Kier alpha value is -3.79. The summed E-state index contributed by atoms with van der Waals surface area (Å²) in [5, 5.41) is 9.91. The van der Waals surface area contributed by atoms with Gasteiger partial charge in [0.1, 0.15) is 18.2 Å². The molecule has 2 aromatic rings. The molecule has 1 atom stereocenters. The minimum atomic E-state index is -0.550. The second-order valence-corrected chi connectivity index (χ2v) is 8.10. The van der Waals surface area contributed by atoms with Crippen LogP contribution < -0.4 is 15.2 Å². The van der Waals surface area contributed by atoms with Gasteiger partial charge in [-0.25, -0.2) is 4.39 Å². The molecular weight excluding hydrogens is 421 g/mol. The van der Waals surface area contributed by atoms with Gasteiger partial charge < -0.3 is 20.1 Å². The van der Waals surface area contributed by atoms with E-state index in [-0.39, 0.29) is 18.2 Å². The fourth-order valence-corrected chi connectivity index (χ4v) is 4.48. The highest BCUT2D eigenvalue weighted by Crippen LogP contribution is 2.45. The zero-order valence-electron chi connectivity index (χ0n) is 18.7. The number of rotatable bonds is 6. The Kier molecular flexibility index (Phi) is 6.36. The number of carbonyl (C=O) groups excluding carboxylic acids is 1. The average molecular weight is 448 g/mol. The summed E-state index contributed by atoms with van der Waals surface area (Å²) in [4.78, 5) is 14.7. The molecule has 0 bridgehead atoms. The maximum absolute atomic E-state index is 13.5. The summed E-state index contributed by atoms with van der Waals surface area (Å²) in [6.07, 6.45) is 1.95. The molecule has 4 rings (SSSR count). The Labute approximate surface area is 192 Å². The third-order valence-electron chi connectivity index (χ3n) is 6.05. The van der Waals surface area contributed by atoms with Gasteiger partial charge in [0, 0.05) is 24.7 Å². The maximum Gasteiger partial charge on any atom is 0.161 e. The first-order valence-corrected chi connectivity index (χ1v) is 11.0. The normalized spacial score (nSPS) is 18.2. The second-order valence-electron chi connectivity index (χ2n) is 8.10. The lowest BCUT2D eigenvalue weighted by atomic mass is 9.76. The topological polar surface area (TPSA) is 88.6 Å². The molecule has 170 valence electrons. The van der Waals surface area contributed by atoms with E-state index in [9.17, 15) is 14.4 Å². The molecule has 0 radical (unpaired) electrons. The Morgan fingerprint density at radius 3 is 2.73 bits per heavy atom. The van der Waals surface area contributed by atoms with E-state index in [0.29, 0.717) is 47.1 Å². The summed E-state index contributed by atoms with van der Waals surface area (Å²) in [5.74, 6) is 0.515. The molecule has 1 aliphatic heterocycles. The molecule has 0 saturated carbocycles. The van der Waals surface area contributed by atoms with E-state index in [0.717, 1.165) is 24.1 Å². The monoisotopic (exact) mass is 447 g/mol. The van der Waals surface area contributed by atoms with E-state index in [2.05, 4.69) is 6.07 Å². The molecule has 1 heterocycles. The van der Waals surface area contributed by atoms with Crippen LogP contribution in [0, 0.1) is 17.1 Å². The standard InChI is InChI=1S/C26H26FN3O3/c1-3-32-23-13-17(10-11-22(23)33-15-16-6-4-7-18(27)12-16)24-19(14-28)26(29)30(2)20-8-5-9-21(31)25(20)24/h4,6-7,10-13,24H,3,5,8-9,15,29H2,1-2H3/t24-/m0/s1. The molecule has 0 aromatic heterocycles. The molecule has 7 heteroatoms. The van der Waals surface area contributed by atoms with Gasteiger partial charge in [-0.1, -0.05) is 18.2 Å². The number of hydrogen-bond donors (Lipinski definition) is 1. The van der Waals surface area contributed by atoms with Crippen molar-refractivity contribution in [3.8, 4) is 17.6 Å². The number of ether oxygens (including phenoxy) is 2.